The van der Waals surface area contributed by atoms with Crippen LogP contribution < -0.4 is 9.47 Å². The lowest BCUT2D eigenvalue weighted by Gasteiger charge is -2.18. The maximum atomic E-state index is 12.6. The van der Waals surface area contributed by atoms with Crippen LogP contribution in [0.4, 0.5) is 4.79 Å². The number of hydrogen-bond donors (Lipinski definition) is 0. The molecule has 0 saturated carbocycles. The Labute approximate surface area is 175 Å². The van der Waals surface area contributed by atoms with Crippen molar-refractivity contribution in [2.45, 2.75) is 13.0 Å². The first-order valence-electron chi connectivity index (χ1n) is 8.15. The summed E-state index contributed by atoms with van der Waals surface area (Å²) in [5.41, 5.74) is 0.452. The van der Waals surface area contributed by atoms with E-state index in [1.54, 1.807) is 0 Å². The number of thioether (sulfide) groups is 1. The van der Waals surface area contributed by atoms with E-state index in [1.165, 1.54) is 46.5 Å². The summed E-state index contributed by atoms with van der Waals surface area (Å²) in [6.07, 6.45) is 1.44. The molecule has 1 saturated heterocycles. The van der Waals surface area contributed by atoms with Crippen LogP contribution in [0.5, 0.6) is 11.5 Å². The molecule has 0 unspecified atom stereocenters. The molecule has 1 aromatic carbocycles. The Hall–Kier alpha value is -2.72. The van der Waals surface area contributed by atoms with E-state index in [0.717, 1.165) is 4.90 Å². The molecule has 9 nitrogen and oxygen atoms in total. The van der Waals surface area contributed by atoms with Gasteiger partial charge < -0.3 is 18.9 Å². The van der Waals surface area contributed by atoms with Crippen LogP contribution in [-0.2, 0) is 23.9 Å². The van der Waals surface area contributed by atoms with Gasteiger partial charge in [-0.15, -0.1) is 0 Å². The van der Waals surface area contributed by atoms with E-state index >= 15 is 0 Å². The van der Waals surface area contributed by atoms with E-state index in [4.69, 9.17) is 21.1 Å². The van der Waals surface area contributed by atoms with Crippen LogP contribution in [0.15, 0.2) is 17.0 Å². The number of benzene rings is 1. The van der Waals surface area contributed by atoms with Crippen LogP contribution in [0.2, 0.25) is 5.02 Å². The van der Waals surface area contributed by atoms with Gasteiger partial charge >= 0.3 is 11.9 Å². The molecule has 0 N–H and O–H groups in total. The molecule has 1 atom stereocenters. The molecule has 1 heterocycles. The number of halogens is 1. The van der Waals surface area contributed by atoms with Crippen LogP contribution in [-0.4, -0.2) is 62.0 Å². The summed E-state index contributed by atoms with van der Waals surface area (Å²) >= 11 is 6.90. The lowest BCUT2D eigenvalue weighted by atomic mass is 10.1. The zero-order valence-electron chi connectivity index (χ0n) is 16.0. The van der Waals surface area contributed by atoms with E-state index in [-0.39, 0.29) is 28.0 Å². The van der Waals surface area contributed by atoms with Crippen LogP contribution in [0.1, 0.15) is 12.5 Å². The average molecular weight is 444 g/mol. The number of ether oxygens (including phenoxy) is 4. The summed E-state index contributed by atoms with van der Waals surface area (Å²) in [5.74, 6) is -1.58. The fraction of sp³-hybridized carbons (Fsp3) is 0.333. The van der Waals surface area contributed by atoms with Crippen LogP contribution in [0.3, 0.4) is 0 Å². The molecule has 1 aliphatic heterocycles. The molecule has 1 aromatic rings. The molecule has 2 amide bonds. The van der Waals surface area contributed by atoms with Gasteiger partial charge in [0.2, 0.25) is 0 Å². The van der Waals surface area contributed by atoms with Crippen molar-refractivity contribution < 1.29 is 38.1 Å². The number of imide groups is 1. The molecule has 156 valence electrons. The number of amides is 2. The molecular weight excluding hydrogens is 426 g/mol. The summed E-state index contributed by atoms with van der Waals surface area (Å²) in [5, 5.41) is -0.461. The van der Waals surface area contributed by atoms with Crippen molar-refractivity contribution in [1.82, 2.24) is 4.90 Å². The second-order valence-electron chi connectivity index (χ2n) is 5.65. The second-order valence-corrected chi connectivity index (χ2v) is 7.05. The van der Waals surface area contributed by atoms with Gasteiger partial charge in [0.15, 0.2) is 18.1 Å². The van der Waals surface area contributed by atoms with Crippen LogP contribution in [0, 0.1) is 0 Å². The predicted molar refractivity (Wildman–Crippen MR) is 105 cm³/mol. The summed E-state index contributed by atoms with van der Waals surface area (Å²) in [6, 6.07) is 1.95. The number of carbonyl (C=O) groups excluding carboxylic acids is 4. The number of methoxy groups -OCH3 is 3. The van der Waals surface area contributed by atoms with Gasteiger partial charge in [-0.1, -0.05) is 11.6 Å². The van der Waals surface area contributed by atoms with E-state index < -0.39 is 29.1 Å². The maximum Gasteiger partial charge on any atom is 0.343 e. The van der Waals surface area contributed by atoms with Crippen molar-refractivity contribution >= 4 is 52.5 Å². The molecule has 1 fully saturated rings. The Morgan fingerprint density at radius 1 is 1.21 bits per heavy atom. The highest BCUT2D eigenvalue weighted by Crippen LogP contribution is 2.39. The van der Waals surface area contributed by atoms with Crippen molar-refractivity contribution in [2.24, 2.45) is 0 Å². The molecular formula is C18H18ClNO8S. The average Bonchev–Trinajstić information content (AvgIpc) is 2.98. The minimum Gasteiger partial charge on any atom is -0.493 e. The van der Waals surface area contributed by atoms with E-state index in [0.29, 0.717) is 17.3 Å². The van der Waals surface area contributed by atoms with Gasteiger partial charge in [0.05, 0.1) is 31.3 Å². The smallest absolute Gasteiger partial charge is 0.343 e. The quantitative estimate of drug-likeness (QED) is 0.463. The van der Waals surface area contributed by atoms with Gasteiger partial charge in [0.25, 0.3) is 11.1 Å². The number of nitrogens with zero attached hydrogens (tertiary/aromatic N) is 1. The lowest BCUT2D eigenvalue weighted by Crippen LogP contribution is -2.42. The van der Waals surface area contributed by atoms with Crippen molar-refractivity contribution in [3.05, 3.63) is 27.6 Å². The van der Waals surface area contributed by atoms with Gasteiger partial charge in [-0.2, -0.15) is 0 Å². The first kappa shape index (κ1) is 22.6. The van der Waals surface area contributed by atoms with E-state index in [2.05, 4.69) is 9.47 Å². The van der Waals surface area contributed by atoms with Crippen LogP contribution in [0.25, 0.3) is 6.08 Å². The fourth-order valence-electron chi connectivity index (χ4n) is 2.39. The van der Waals surface area contributed by atoms with Crippen molar-refractivity contribution in [3.8, 4) is 11.5 Å². The maximum absolute atomic E-state index is 12.6. The number of hydrogen-bond acceptors (Lipinski definition) is 9. The minimum absolute atomic E-state index is 0.104. The molecule has 0 aliphatic carbocycles. The van der Waals surface area contributed by atoms with Gasteiger partial charge in [0.1, 0.15) is 6.04 Å². The summed E-state index contributed by atoms with van der Waals surface area (Å²) in [7, 11) is 3.78. The zero-order valence-corrected chi connectivity index (χ0v) is 17.6. The van der Waals surface area contributed by atoms with Crippen molar-refractivity contribution in [1.29, 1.82) is 0 Å². The molecule has 11 heteroatoms. The highest BCUT2D eigenvalue weighted by molar-refractivity contribution is 8.18. The summed E-state index contributed by atoms with van der Waals surface area (Å²) < 4.78 is 19.6. The third-order valence-corrected chi connectivity index (χ3v) is 5.03. The first-order valence-corrected chi connectivity index (χ1v) is 9.35. The normalized spacial score (nSPS) is 16.0. The standard InChI is InChI=1S/C18H18ClNO8S/c1-9(17(23)27-4)20-16(22)13(29-18(20)24)7-10-5-11(19)15(12(6-10)25-2)28-8-14(21)26-3/h5-7,9H,8H2,1-4H3/b13-7+/t9-/m1/s1. The highest BCUT2D eigenvalue weighted by Gasteiger charge is 2.41. The molecule has 0 radical (unpaired) electrons. The van der Waals surface area contributed by atoms with Gasteiger partial charge in [0, 0.05) is 0 Å². The molecule has 0 spiro atoms. The Morgan fingerprint density at radius 3 is 2.48 bits per heavy atom. The van der Waals surface area contributed by atoms with E-state index in [1.807, 2.05) is 0 Å². The number of rotatable bonds is 7. The number of esters is 2. The lowest BCUT2D eigenvalue weighted by molar-refractivity contribution is -0.148. The summed E-state index contributed by atoms with van der Waals surface area (Å²) in [6.45, 7) is 1.04. The Kier molecular flexibility index (Phi) is 7.52. The monoisotopic (exact) mass is 443 g/mol. The molecule has 0 aromatic heterocycles. The largest absolute Gasteiger partial charge is 0.493 e. The third-order valence-electron chi connectivity index (χ3n) is 3.86. The molecule has 1 aliphatic rings. The Balaban J connectivity index is 2.31. The zero-order chi connectivity index (χ0) is 21.7. The van der Waals surface area contributed by atoms with Crippen LogP contribution >= 0.6 is 23.4 Å². The fourth-order valence-corrected chi connectivity index (χ4v) is 3.58. The van der Waals surface area contributed by atoms with Gasteiger partial charge in [-0.25, -0.2) is 9.59 Å². The van der Waals surface area contributed by atoms with Crippen molar-refractivity contribution in [2.75, 3.05) is 27.9 Å². The minimum atomic E-state index is -1.05. The van der Waals surface area contributed by atoms with Crippen molar-refractivity contribution in [3.63, 3.8) is 0 Å². The van der Waals surface area contributed by atoms with Gasteiger partial charge in [-0.05, 0) is 42.5 Å². The number of carbonyl (C=O) groups is 4. The topological polar surface area (TPSA) is 108 Å². The molecule has 2 rings (SSSR count). The third kappa shape index (κ3) is 5.01. The molecule has 29 heavy (non-hydrogen) atoms. The Morgan fingerprint density at radius 2 is 1.90 bits per heavy atom. The van der Waals surface area contributed by atoms with E-state index in [9.17, 15) is 19.2 Å². The SMILES string of the molecule is COC(=O)COc1c(Cl)cc(/C=C2/SC(=O)N([C@H](C)C(=O)OC)C2=O)cc1OC. The second kappa shape index (κ2) is 9.66. The molecule has 0 bridgehead atoms. The summed E-state index contributed by atoms with van der Waals surface area (Å²) in [4.78, 5) is 48.6. The van der Waals surface area contributed by atoms with Gasteiger partial charge in [-0.3, -0.25) is 14.5 Å². The Bertz CT molecular complexity index is 885. The predicted octanol–water partition coefficient (Wildman–Crippen LogP) is 2.50. The first-order chi connectivity index (χ1) is 13.7. The highest BCUT2D eigenvalue weighted by atomic mass is 35.5.